The van der Waals surface area contributed by atoms with E-state index < -0.39 is 6.04 Å². The van der Waals surface area contributed by atoms with Crippen molar-refractivity contribution in [1.29, 1.82) is 0 Å². The highest BCUT2D eigenvalue weighted by atomic mass is 32.1. The Labute approximate surface area is 168 Å². The van der Waals surface area contributed by atoms with Crippen LogP contribution in [0.25, 0.3) is 0 Å². The summed E-state index contributed by atoms with van der Waals surface area (Å²) in [5, 5.41) is 3.71. The molecule has 0 aliphatic carbocycles. The predicted octanol–water partition coefficient (Wildman–Crippen LogP) is 2.14. The summed E-state index contributed by atoms with van der Waals surface area (Å²) in [5.41, 5.74) is 2.83. The van der Waals surface area contributed by atoms with Gasteiger partial charge in [0, 0.05) is 31.6 Å². The van der Waals surface area contributed by atoms with Crippen molar-refractivity contribution >= 4 is 29.1 Å². The zero-order valence-corrected chi connectivity index (χ0v) is 16.7. The highest BCUT2D eigenvalue weighted by Crippen LogP contribution is 2.22. The summed E-state index contributed by atoms with van der Waals surface area (Å²) in [6, 6.07) is 9.33. The monoisotopic (exact) mass is 397 g/mol. The van der Waals surface area contributed by atoms with Gasteiger partial charge in [-0.15, -0.1) is 0 Å². The van der Waals surface area contributed by atoms with E-state index in [4.69, 9.17) is 0 Å². The number of fused-ring (bicyclic) bond motifs is 1. The second kappa shape index (κ2) is 7.75. The lowest BCUT2D eigenvalue weighted by molar-refractivity contribution is -0.156. The number of hydrogen-bond donors (Lipinski definition) is 0. The van der Waals surface area contributed by atoms with E-state index in [2.05, 4.69) is 0 Å². The molecule has 4 rings (SSSR count). The summed E-state index contributed by atoms with van der Waals surface area (Å²) in [5.74, 6) is -0.0920. The molecule has 0 saturated carbocycles. The molecule has 2 fully saturated rings. The van der Waals surface area contributed by atoms with E-state index in [0.29, 0.717) is 38.2 Å². The molecular weight excluding hydrogens is 374 g/mol. The first-order valence-electron chi connectivity index (χ1n) is 9.48. The van der Waals surface area contributed by atoms with Gasteiger partial charge in [-0.1, -0.05) is 29.8 Å². The first-order valence-corrected chi connectivity index (χ1v) is 10.4. The van der Waals surface area contributed by atoms with Crippen molar-refractivity contribution in [2.45, 2.75) is 25.9 Å². The number of benzene rings is 1. The van der Waals surface area contributed by atoms with Gasteiger partial charge in [0.15, 0.2) is 0 Å². The van der Waals surface area contributed by atoms with Gasteiger partial charge in [0.1, 0.15) is 12.6 Å². The number of rotatable bonds is 3. The minimum atomic E-state index is -0.480. The van der Waals surface area contributed by atoms with Crippen molar-refractivity contribution in [3.05, 3.63) is 57.8 Å². The second-order valence-corrected chi connectivity index (χ2v) is 8.16. The molecule has 0 radical (unpaired) electrons. The highest BCUT2D eigenvalue weighted by Gasteiger charge is 2.41. The van der Waals surface area contributed by atoms with Crippen molar-refractivity contribution < 1.29 is 14.4 Å². The van der Waals surface area contributed by atoms with Crippen molar-refractivity contribution in [1.82, 2.24) is 14.7 Å². The molecule has 2 saturated heterocycles. The Morgan fingerprint density at radius 3 is 2.79 bits per heavy atom. The minimum Gasteiger partial charge on any atom is -0.337 e. The molecule has 2 aliphatic rings. The van der Waals surface area contributed by atoms with E-state index in [1.807, 2.05) is 48.0 Å². The lowest BCUT2D eigenvalue weighted by atomic mass is 10.1. The quantitative estimate of drug-likeness (QED) is 0.797. The molecule has 7 heteroatoms. The number of nitrogens with zero attached hydrogens (tertiary/aromatic N) is 3. The van der Waals surface area contributed by atoms with Crippen molar-refractivity contribution in [3.8, 4) is 0 Å². The fraction of sp³-hybridized carbons (Fsp3) is 0.381. The number of thiophene rings is 1. The molecule has 1 unspecified atom stereocenters. The molecule has 1 aromatic carbocycles. The number of piperazine rings is 1. The zero-order chi connectivity index (χ0) is 19.7. The average molecular weight is 398 g/mol. The number of hydrogen-bond acceptors (Lipinski definition) is 4. The molecule has 3 heterocycles. The van der Waals surface area contributed by atoms with Crippen LogP contribution in [0, 0.1) is 6.92 Å². The molecular formula is C21H23N3O3S. The van der Waals surface area contributed by atoms with Crippen LogP contribution in [-0.4, -0.2) is 64.6 Å². The Morgan fingerprint density at radius 1 is 1.18 bits per heavy atom. The van der Waals surface area contributed by atoms with E-state index in [1.54, 1.807) is 14.7 Å². The fourth-order valence-electron chi connectivity index (χ4n) is 3.96. The Bertz CT molecular complexity index is 896. The molecule has 0 bridgehead atoms. The van der Waals surface area contributed by atoms with Gasteiger partial charge in [-0.05, 0) is 30.4 Å². The third-order valence-electron chi connectivity index (χ3n) is 5.41. The van der Waals surface area contributed by atoms with Crippen molar-refractivity contribution in [3.63, 3.8) is 0 Å². The van der Waals surface area contributed by atoms with Crippen LogP contribution >= 0.6 is 11.3 Å². The van der Waals surface area contributed by atoms with E-state index in [-0.39, 0.29) is 24.3 Å². The van der Waals surface area contributed by atoms with Crippen LogP contribution in [0.1, 0.15) is 27.9 Å². The maximum atomic E-state index is 13.1. The van der Waals surface area contributed by atoms with Gasteiger partial charge in [-0.25, -0.2) is 0 Å². The SMILES string of the molecule is Cc1cccc(CN2CC(=O)N3CCN(C(=O)c4ccsc4)CCC3C2=O)c1. The maximum Gasteiger partial charge on any atom is 0.254 e. The number of carbonyl (C=O) groups is 3. The summed E-state index contributed by atoms with van der Waals surface area (Å²) in [7, 11) is 0. The third kappa shape index (κ3) is 3.67. The average Bonchev–Trinajstić information content (AvgIpc) is 3.11. The largest absolute Gasteiger partial charge is 0.337 e. The molecule has 28 heavy (non-hydrogen) atoms. The molecule has 6 nitrogen and oxygen atoms in total. The molecule has 1 aromatic heterocycles. The van der Waals surface area contributed by atoms with E-state index in [9.17, 15) is 14.4 Å². The maximum absolute atomic E-state index is 13.1. The summed E-state index contributed by atoms with van der Waals surface area (Å²) in [6.07, 6.45) is 0.477. The molecule has 3 amide bonds. The van der Waals surface area contributed by atoms with E-state index in [0.717, 1.165) is 11.1 Å². The van der Waals surface area contributed by atoms with Gasteiger partial charge in [-0.3, -0.25) is 14.4 Å². The standard InChI is InChI=1S/C21H23N3O3S/c1-15-3-2-4-16(11-15)12-23-13-19(25)24-9-8-22(7-5-18(24)21(23)27)20(26)17-6-10-28-14-17/h2-4,6,10-11,14,18H,5,7-9,12-13H2,1H3. The Morgan fingerprint density at radius 2 is 2.04 bits per heavy atom. The minimum absolute atomic E-state index is 0.0223. The number of amides is 3. The van der Waals surface area contributed by atoms with Crippen LogP contribution < -0.4 is 0 Å². The molecule has 0 spiro atoms. The van der Waals surface area contributed by atoms with Crippen molar-refractivity contribution in [2.75, 3.05) is 26.2 Å². The van der Waals surface area contributed by atoms with Gasteiger partial charge in [0.25, 0.3) is 5.91 Å². The lowest BCUT2D eigenvalue weighted by Gasteiger charge is -2.39. The zero-order valence-electron chi connectivity index (χ0n) is 15.8. The van der Waals surface area contributed by atoms with Crippen LogP contribution in [-0.2, 0) is 16.1 Å². The Balaban J connectivity index is 1.48. The van der Waals surface area contributed by atoms with Gasteiger partial charge < -0.3 is 14.7 Å². The fourth-order valence-corrected chi connectivity index (χ4v) is 4.59. The normalized spacial score (nSPS) is 20.2. The van der Waals surface area contributed by atoms with Crippen LogP contribution in [0.5, 0.6) is 0 Å². The van der Waals surface area contributed by atoms with Gasteiger partial charge in [0.05, 0.1) is 5.56 Å². The van der Waals surface area contributed by atoms with Gasteiger partial charge in [-0.2, -0.15) is 11.3 Å². The summed E-state index contributed by atoms with van der Waals surface area (Å²) in [4.78, 5) is 43.5. The van der Waals surface area contributed by atoms with E-state index >= 15 is 0 Å². The van der Waals surface area contributed by atoms with Crippen LogP contribution in [0.3, 0.4) is 0 Å². The second-order valence-electron chi connectivity index (χ2n) is 7.38. The smallest absolute Gasteiger partial charge is 0.254 e. The first kappa shape index (κ1) is 18.7. The van der Waals surface area contributed by atoms with E-state index in [1.165, 1.54) is 11.3 Å². The highest BCUT2D eigenvalue weighted by molar-refractivity contribution is 7.08. The van der Waals surface area contributed by atoms with Crippen LogP contribution in [0.15, 0.2) is 41.1 Å². The Hall–Kier alpha value is -2.67. The number of aryl methyl sites for hydroxylation is 1. The summed E-state index contributed by atoms with van der Waals surface area (Å²) in [6.45, 7) is 3.90. The lowest BCUT2D eigenvalue weighted by Crippen LogP contribution is -2.59. The molecule has 2 aromatic rings. The molecule has 1 atom stereocenters. The van der Waals surface area contributed by atoms with Gasteiger partial charge >= 0.3 is 0 Å². The van der Waals surface area contributed by atoms with Gasteiger partial charge in [0.2, 0.25) is 11.8 Å². The number of carbonyl (C=O) groups excluding carboxylic acids is 3. The molecule has 146 valence electrons. The first-order chi connectivity index (χ1) is 13.5. The topological polar surface area (TPSA) is 60.9 Å². The molecule has 0 N–H and O–H groups in total. The molecule has 2 aliphatic heterocycles. The predicted molar refractivity (Wildman–Crippen MR) is 107 cm³/mol. The summed E-state index contributed by atoms with van der Waals surface area (Å²) < 4.78 is 0. The summed E-state index contributed by atoms with van der Waals surface area (Å²) >= 11 is 1.49. The van der Waals surface area contributed by atoms with Crippen LogP contribution in [0.4, 0.5) is 0 Å². The Kier molecular flexibility index (Phi) is 5.17. The third-order valence-corrected chi connectivity index (χ3v) is 6.10. The van der Waals surface area contributed by atoms with Crippen LogP contribution in [0.2, 0.25) is 0 Å². The van der Waals surface area contributed by atoms with Crippen molar-refractivity contribution in [2.24, 2.45) is 0 Å².